The number of sulfone groups is 1. The molecule has 1 amide bonds. The zero-order chi connectivity index (χ0) is 18.9. The predicted molar refractivity (Wildman–Crippen MR) is 104 cm³/mol. The van der Waals surface area contributed by atoms with Gasteiger partial charge in [-0.1, -0.05) is 30.7 Å². The van der Waals surface area contributed by atoms with Crippen molar-refractivity contribution in [2.75, 3.05) is 17.3 Å². The summed E-state index contributed by atoms with van der Waals surface area (Å²) in [6, 6.07) is 3.77. The second kappa shape index (κ2) is 7.92. The van der Waals surface area contributed by atoms with Crippen molar-refractivity contribution >= 4 is 38.8 Å². The number of rotatable bonds is 6. The molecule has 1 saturated heterocycles. The van der Waals surface area contributed by atoms with E-state index in [1.54, 1.807) is 0 Å². The maximum atomic E-state index is 13.0. The van der Waals surface area contributed by atoms with Gasteiger partial charge in [0.25, 0.3) is 11.1 Å². The van der Waals surface area contributed by atoms with Crippen LogP contribution in [0, 0.1) is 0 Å². The highest BCUT2D eigenvalue weighted by Gasteiger charge is 2.38. The maximum absolute atomic E-state index is 13.0. The average molecular weight is 428 g/mol. The lowest BCUT2D eigenvalue weighted by molar-refractivity contribution is -0.132. The van der Waals surface area contributed by atoms with Crippen molar-refractivity contribution in [2.45, 2.75) is 49.4 Å². The Bertz CT molecular complexity index is 888. The first-order chi connectivity index (χ1) is 13.0. The number of carbonyl (C=O) groups is 1. The summed E-state index contributed by atoms with van der Waals surface area (Å²) < 4.78 is 29.4. The standard InChI is InChI=1S/C17H21N3O4S3/c21-15(10-26-17-19-18-16(24-17)14-6-3-8-25-14)20(12-4-1-2-5-12)13-7-9-27(22,23)11-13/h3,6,8,12-13H,1-2,4-5,7,9-11H2. The molecule has 1 aliphatic heterocycles. The lowest BCUT2D eigenvalue weighted by atomic mass is 10.1. The zero-order valence-electron chi connectivity index (χ0n) is 14.7. The normalized spacial score (nSPS) is 22.3. The Balaban J connectivity index is 1.42. The third kappa shape index (κ3) is 4.38. The maximum Gasteiger partial charge on any atom is 0.277 e. The molecule has 1 unspecified atom stereocenters. The molecule has 0 aromatic carbocycles. The van der Waals surface area contributed by atoms with Gasteiger partial charge in [-0.15, -0.1) is 21.5 Å². The highest BCUT2D eigenvalue weighted by molar-refractivity contribution is 7.99. The second-order valence-electron chi connectivity index (χ2n) is 6.94. The van der Waals surface area contributed by atoms with E-state index in [0.717, 1.165) is 30.6 Å². The lowest BCUT2D eigenvalue weighted by Crippen LogP contribution is -2.47. The Morgan fingerprint density at radius 3 is 2.74 bits per heavy atom. The van der Waals surface area contributed by atoms with Gasteiger partial charge < -0.3 is 9.32 Å². The van der Waals surface area contributed by atoms with Crippen LogP contribution in [-0.4, -0.2) is 58.8 Å². The fraction of sp³-hybridized carbons (Fsp3) is 0.588. The average Bonchev–Trinajstić information content (AvgIpc) is 3.41. The Kier molecular flexibility index (Phi) is 5.56. The molecular weight excluding hydrogens is 406 g/mol. The van der Waals surface area contributed by atoms with Gasteiger partial charge in [0.2, 0.25) is 5.91 Å². The fourth-order valence-corrected chi connectivity index (χ4v) is 6.84. The van der Waals surface area contributed by atoms with Crippen LogP contribution in [-0.2, 0) is 14.6 Å². The minimum absolute atomic E-state index is 0.0372. The third-order valence-corrected chi connectivity index (χ3v) is 8.48. The summed E-state index contributed by atoms with van der Waals surface area (Å²) in [5.41, 5.74) is 0. The van der Waals surface area contributed by atoms with Crippen molar-refractivity contribution in [3.8, 4) is 10.8 Å². The second-order valence-corrected chi connectivity index (χ2v) is 11.0. The molecule has 0 N–H and O–H groups in total. The van der Waals surface area contributed by atoms with Crippen molar-refractivity contribution in [2.24, 2.45) is 0 Å². The van der Waals surface area contributed by atoms with E-state index in [2.05, 4.69) is 10.2 Å². The van der Waals surface area contributed by atoms with Gasteiger partial charge in [-0.2, -0.15) is 0 Å². The number of hydrogen-bond donors (Lipinski definition) is 0. The summed E-state index contributed by atoms with van der Waals surface area (Å²) in [4.78, 5) is 15.7. The van der Waals surface area contributed by atoms with Gasteiger partial charge in [0.1, 0.15) is 0 Å². The Morgan fingerprint density at radius 1 is 1.26 bits per heavy atom. The van der Waals surface area contributed by atoms with Gasteiger partial charge in [0, 0.05) is 12.1 Å². The van der Waals surface area contributed by atoms with E-state index in [0.29, 0.717) is 17.5 Å². The molecule has 2 aromatic heterocycles. The van der Waals surface area contributed by atoms with Crippen LogP contribution >= 0.6 is 23.1 Å². The van der Waals surface area contributed by atoms with Gasteiger partial charge >= 0.3 is 0 Å². The highest BCUT2D eigenvalue weighted by atomic mass is 32.2. The van der Waals surface area contributed by atoms with Gasteiger partial charge in [-0.05, 0) is 30.7 Å². The Labute approximate surface area is 166 Å². The molecule has 10 heteroatoms. The summed E-state index contributed by atoms with van der Waals surface area (Å²) in [5.74, 6) is 0.858. The number of amides is 1. The third-order valence-electron chi connectivity index (χ3n) is 5.07. The molecule has 2 aromatic rings. The molecule has 27 heavy (non-hydrogen) atoms. The molecule has 0 radical (unpaired) electrons. The van der Waals surface area contributed by atoms with Crippen LogP contribution in [0.15, 0.2) is 27.2 Å². The van der Waals surface area contributed by atoms with Crippen molar-refractivity contribution < 1.29 is 17.6 Å². The van der Waals surface area contributed by atoms with E-state index in [1.807, 2.05) is 22.4 Å². The van der Waals surface area contributed by atoms with Crippen LogP contribution in [0.1, 0.15) is 32.1 Å². The highest BCUT2D eigenvalue weighted by Crippen LogP contribution is 2.31. The topological polar surface area (TPSA) is 93.4 Å². The predicted octanol–water partition coefficient (Wildman–Crippen LogP) is 2.85. The summed E-state index contributed by atoms with van der Waals surface area (Å²) in [6.07, 6.45) is 4.63. The van der Waals surface area contributed by atoms with E-state index >= 15 is 0 Å². The molecule has 1 saturated carbocycles. The van der Waals surface area contributed by atoms with E-state index in [9.17, 15) is 13.2 Å². The number of thioether (sulfide) groups is 1. The molecule has 0 bridgehead atoms. The van der Waals surface area contributed by atoms with Crippen molar-refractivity contribution in [3.63, 3.8) is 0 Å². The summed E-state index contributed by atoms with van der Waals surface area (Å²) >= 11 is 2.73. The molecular formula is C17H21N3O4S3. The van der Waals surface area contributed by atoms with Gasteiger partial charge in [0.15, 0.2) is 9.84 Å². The monoisotopic (exact) mass is 427 g/mol. The van der Waals surface area contributed by atoms with Crippen LogP contribution in [0.3, 0.4) is 0 Å². The first-order valence-corrected chi connectivity index (χ1v) is 12.7. The van der Waals surface area contributed by atoms with Crippen molar-refractivity contribution in [1.82, 2.24) is 15.1 Å². The molecule has 3 heterocycles. The van der Waals surface area contributed by atoms with E-state index in [-0.39, 0.29) is 35.2 Å². The number of hydrogen-bond acceptors (Lipinski definition) is 8. The Hall–Kier alpha value is -1.39. The summed E-state index contributed by atoms with van der Waals surface area (Å²) in [6.45, 7) is 0. The zero-order valence-corrected chi connectivity index (χ0v) is 17.2. The molecule has 0 spiro atoms. The first kappa shape index (κ1) is 18.9. The number of aromatic nitrogens is 2. The van der Waals surface area contributed by atoms with Gasteiger partial charge in [-0.25, -0.2) is 8.42 Å². The van der Waals surface area contributed by atoms with Crippen molar-refractivity contribution in [3.05, 3.63) is 17.5 Å². The largest absolute Gasteiger partial charge is 0.410 e. The minimum Gasteiger partial charge on any atom is -0.410 e. The summed E-state index contributed by atoms with van der Waals surface area (Å²) in [5, 5.41) is 10.3. The lowest BCUT2D eigenvalue weighted by Gasteiger charge is -2.34. The molecule has 4 rings (SSSR count). The van der Waals surface area contributed by atoms with Gasteiger partial charge in [0.05, 0.1) is 22.1 Å². The smallest absolute Gasteiger partial charge is 0.277 e. The van der Waals surface area contributed by atoms with Crippen LogP contribution in [0.4, 0.5) is 0 Å². The van der Waals surface area contributed by atoms with Crippen LogP contribution in [0.5, 0.6) is 0 Å². The SMILES string of the molecule is O=C(CSc1nnc(-c2cccs2)o1)N(C1CCCC1)C1CCS(=O)(=O)C1. The molecule has 2 fully saturated rings. The Morgan fingerprint density at radius 2 is 2.07 bits per heavy atom. The van der Waals surface area contributed by atoms with E-state index in [1.165, 1.54) is 23.1 Å². The van der Waals surface area contributed by atoms with Crippen molar-refractivity contribution in [1.29, 1.82) is 0 Å². The minimum atomic E-state index is -3.03. The molecule has 1 atom stereocenters. The first-order valence-electron chi connectivity index (χ1n) is 9.03. The van der Waals surface area contributed by atoms with Crippen LogP contribution in [0.2, 0.25) is 0 Å². The van der Waals surface area contributed by atoms with E-state index < -0.39 is 9.84 Å². The van der Waals surface area contributed by atoms with E-state index in [4.69, 9.17) is 4.42 Å². The molecule has 1 aliphatic carbocycles. The van der Waals surface area contributed by atoms with Gasteiger partial charge in [-0.3, -0.25) is 4.79 Å². The van der Waals surface area contributed by atoms with Crippen LogP contribution < -0.4 is 0 Å². The number of thiophene rings is 1. The molecule has 7 nitrogen and oxygen atoms in total. The quantitative estimate of drug-likeness (QED) is 0.654. The summed E-state index contributed by atoms with van der Waals surface area (Å²) in [7, 11) is -3.03. The van der Waals surface area contributed by atoms with Crippen LogP contribution in [0.25, 0.3) is 10.8 Å². The number of carbonyl (C=O) groups excluding carboxylic acids is 1. The molecule has 146 valence electrons. The number of nitrogens with zero attached hydrogens (tertiary/aromatic N) is 3. The fourth-order valence-electron chi connectivity index (χ4n) is 3.85. The molecule has 2 aliphatic rings.